The highest BCUT2D eigenvalue weighted by Gasteiger charge is 2.39. The minimum absolute atomic E-state index is 0.0203. The van der Waals surface area contributed by atoms with E-state index < -0.39 is 9.84 Å². The zero-order valence-electron chi connectivity index (χ0n) is 20.5. The smallest absolute Gasteiger partial charge is 0.238 e. The number of benzene rings is 1. The summed E-state index contributed by atoms with van der Waals surface area (Å²) >= 11 is 0. The summed E-state index contributed by atoms with van der Waals surface area (Å²) < 4.78 is 24.1. The van der Waals surface area contributed by atoms with Gasteiger partial charge in [-0.15, -0.1) is 0 Å². The first-order chi connectivity index (χ1) is 16.2. The van der Waals surface area contributed by atoms with Crippen molar-refractivity contribution in [3.8, 4) is 0 Å². The number of amides is 2. The molecule has 2 heterocycles. The number of aryl methyl sites for hydroxylation is 1. The number of rotatable bonds is 7. The van der Waals surface area contributed by atoms with Crippen LogP contribution >= 0.6 is 0 Å². The van der Waals surface area contributed by atoms with Gasteiger partial charge in [-0.05, 0) is 50.3 Å². The molecular formula is C25H38N4O4S. The second-order valence-electron chi connectivity index (χ2n) is 10.1. The highest BCUT2D eigenvalue weighted by Crippen LogP contribution is 2.29. The predicted molar refractivity (Wildman–Crippen MR) is 134 cm³/mol. The first-order valence-corrected chi connectivity index (χ1v) is 14.4. The minimum atomic E-state index is -3.04. The van der Waals surface area contributed by atoms with E-state index in [1.165, 1.54) is 0 Å². The van der Waals surface area contributed by atoms with Gasteiger partial charge >= 0.3 is 0 Å². The molecule has 1 aromatic rings. The number of carbonyl (C=O) groups excluding carboxylic acids is 2. The first kappa shape index (κ1) is 25.1. The molecule has 0 aromatic heterocycles. The van der Waals surface area contributed by atoms with Crippen molar-refractivity contribution in [2.24, 2.45) is 0 Å². The van der Waals surface area contributed by atoms with Gasteiger partial charge in [-0.25, -0.2) is 8.42 Å². The van der Waals surface area contributed by atoms with Crippen molar-refractivity contribution in [3.05, 3.63) is 29.3 Å². The molecule has 1 aromatic carbocycles. The Kier molecular flexibility index (Phi) is 7.94. The Balaban J connectivity index is 1.27. The average molecular weight is 491 g/mol. The fraction of sp³-hybridized carbons (Fsp3) is 0.680. The number of nitrogens with one attached hydrogen (secondary N) is 1. The van der Waals surface area contributed by atoms with Crippen LogP contribution in [0.15, 0.2) is 18.2 Å². The summed E-state index contributed by atoms with van der Waals surface area (Å²) in [6, 6.07) is 5.92. The molecule has 2 saturated heterocycles. The number of carbonyl (C=O) groups is 2. The minimum Gasteiger partial charge on any atom is -0.335 e. The topological polar surface area (TPSA) is 90.0 Å². The second kappa shape index (κ2) is 10.7. The van der Waals surface area contributed by atoms with Gasteiger partial charge in [-0.1, -0.05) is 25.0 Å². The molecule has 0 unspecified atom stereocenters. The van der Waals surface area contributed by atoms with Crippen LogP contribution in [0.4, 0.5) is 5.69 Å². The third-order valence-corrected chi connectivity index (χ3v) is 9.43. The Bertz CT molecular complexity index is 998. The Hall–Kier alpha value is -1.97. The van der Waals surface area contributed by atoms with E-state index in [1.807, 2.05) is 36.9 Å². The maximum Gasteiger partial charge on any atom is 0.238 e. The Labute approximate surface area is 203 Å². The summed E-state index contributed by atoms with van der Waals surface area (Å²) in [5.74, 6) is 0.346. The van der Waals surface area contributed by atoms with E-state index >= 15 is 0 Å². The van der Waals surface area contributed by atoms with Crippen LogP contribution in [0.3, 0.4) is 0 Å². The fourth-order valence-electron chi connectivity index (χ4n) is 5.54. The molecule has 188 valence electrons. The van der Waals surface area contributed by atoms with Gasteiger partial charge in [0.25, 0.3) is 0 Å². The highest BCUT2D eigenvalue weighted by molar-refractivity contribution is 7.91. The molecule has 2 amide bonds. The molecule has 3 aliphatic rings. The molecule has 1 N–H and O–H groups in total. The average Bonchev–Trinajstić information content (AvgIpc) is 3.43. The summed E-state index contributed by atoms with van der Waals surface area (Å²) in [4.78, 5) is 32.1. The number of hydrogen-bond donors (Lipinski definition) is 1. The van der Waals surface area contributed by atoms with E-state index in [0.717, 1.165) is 68.7 Å². The molecule has 9 heteroatoms. The summed E-state index contributed by atoms with van der Waals surface area (Å²) in [6.45, 7) is 7.62. The third-order valence-electron chi connectivity index (χ3n) is 7.68. The standard InChI is InChI=1S/C25H38N4O4S/c1-19-6-5-9-23(20(19)2)26-24(30)16-27-11-13-28(14-12-27)17-25(31)29(21-7-3-4-8-21)22-10-15-34(32,33)18-22/h5-6,9,21-22H,3-4,7-8,10-18H2,1-2H3,(H,26,30)/t22-/m0/s1. The zero-order valence-corrected chi connectivity index (χ0v) is 21.3. The Morgan fingerprint density at radius 2 is 1.62 bits per heavy atom. The molecule has 4 rings (SSSR count). The Morgan fingerprint density at radius 3 is 2.24 bits per heavy atom. The number of nitrogens with zero attached hydrogens (tertiary/aromatic N) is 3. The number of hydrogen-bond acceptors (Lipinski definition) is 6. The van der Waals surface area contributed by atoms with Gasteiger partial charge in [0.1, 0.15) is 0 Å². The molecule has 1 saturated carbocycles. The molecule has 0 radical (unpaired) electrons. The molecule has 34 heavy (non-hydrogen) atoms. The van der Waals surface area contributed by atoms with Gasteiger partial charge in [0.05, 0.1) is 24.6 Å². The van der Waals surface area contributed by atoms with E-state index in [0.29, 0.717) is 19.5 Å². The van der Waals surface area contributed by atoms with Gasteiger partial charge in [0.15, 0.2) is 9.84 Å². The maximum absolute atomic E-state index is 13.3. The summed E-state index contributed by atoms with van der Waals surface area (Å²) in [6.07, 6.45) is 4.73. The summed E-state index contributed by atoms with van der Waals surface area (Å²) in [5.41, 5.74) is 3.09. The quantitative estimate of drug-likeness (QED) is 0.627. The first-order valence-electron chi connectivity index (χ1n) is 12.5. The predicted octanol–water partition coefficient (Wildman–Crippen LogP) is 1.82. The number of anilines is 1. The number of piperazine rings is 1. The molecule has 3 fully saturated rings. The molecule has 8 nitrogen and oxygen atoms in total. The van der Waals surface area contributed by atoms with Gasteiger partial charge in [-0.3, -0.25) is 19.4 Å². The van der Waals surface area contributed by atoms with Crippen molar-refractivity contribution in [2.75, 3.05) is 56.1 Å². The van der Waals surface area contributed by atoms with Crippen LogP contribution in [0.25, 0.3) is 0 Å². The summed E-state index contributed by atoms with van der Waals surface area (Å²) in [5, 5.41) is 3.02. The zero-order chi connectivity index (χ0) is 24.3. The molecule has 0 bridgehead atoms. The molecule has 1 atom stereocenters. The molecular weight excluding hydrogens is 452 g/mol. The van der Waals surface area contributed by atoms with Crippen molar-refractivity contribution in [1.29, 1.82) is 0 Å². The van der Waals surface area contributed by atoms with Crippen LogP contribution in [0.2, 0.25) is 0 Å². The van der Waals surface area contributed by atoms with Gasteiger partial charge in [0.2, 0.25) is 11.8 Å². The van der Waals surface area contributed by atoms with Crippen LogP contribution in [-0.4, -0.2) is 97.8 Å². The fourth-order valence-corrected chi connectivity index (χ4v) is 7.25. The molecule has 1 aliphatic carbocycles. The van der Waals surface area contributed by atoms with Crippen molar-refractivity contribution < 1.29 is 18.0 Å². The lowest BCUT2D eigenvalue weighted by Gasteiger charge is -2.38. The van der Waals surface area contributed by atoms with E-state index in [4.69, 9.17) is 0 Å². The van der Waals surface area contributed by atoms with Crippen molar-refractivity contribution >= 4 is 27.3 Å². The lowest BCUT2D eigenvalue weighted by atomic mass is 10.1. The van der Waals surface area contributed by atoms with Crippen molar-refractivity contribution in [2.45, 2.75) is 58.0 Å². The van der Waals surface area contributed by atoms with Gasteiger partial charge in [-0.2, -0.15) is 0 Å². The lowest BCUT2D eigenvalue weighted by Crippen LogP contribution is -2.54. The van der Waals surface area contributed by atoms with Crippen LogP contribution in [0, 0.1) is 13.8 Å². The van der Waals surface area contributed by atoms with Crippen LogP contribution in [-0.2, 0) is 19.4 Å². The lowest BCUT2D eigenvalue weighted by molar-refractivity contribution is -0.137. The van der Waals surface area contributed by atoms with E-state index in [-0.39, 0.29) is 35.4 Å². The third kappa shape index (κ3) is 6.17. The SMILES string of the molecule is Cc1cccc(NC(=O)CN2CCN(CC(=O)N(C3CCCC3)[C@H]3CCS(=O)(=O)C3)CC2)c1C. The largest absolute Gasteiger partial charge is 0.335 e. The van der Waals surface area contributed by atoms with Crippen LogP contribution in [0.1, 0.15) is 43.2 Å². The highest BCUT2D eigenvalue weighted by atomic mass is 32.2. The van der Waals surface area contributed by atoms with Crippen LogP contribution in [0.5, 0.6) is 0 Å². The molecule has 0 spiro atoms. The van der Waals surface area contributed by atoms with Gasteiger partial charge in [0, 0.05) is 44.0 Å². The van der Waals surface area contributed by atoms with E-state index in [2.05, 4.69) is 15.1 Å². The molecule has 2 aliphatic heterocycles. The number of sulfone groups is 1. The van der Waals surface area contributed by atoms with Crippen molar-refractivity contribution in [3.63, 3.8) is 0 Å². The monoisotopic (exact) mass is 490 g/mol. The maximum atomic E-state index is 13.3. The Morgan fingerprint density at radius 1 is 0.971 bits per heavy atom. The van der Waals surface area contributed by atoms with Crippen molar-refractivity contribution in [1.82, 2.24) is 14.7 Å². The van der Waals surface area contributed by atoms with Gasteiger partial charge < -0.3 is 10.2 Å². The normalized spacial score (nSPS) is 23.8. The van der Waals surface area contributed by atoms with Crippen LogP contribution < -0.4 is 5.32 Å². The summed E-state index contributed by atoms with van der Waals surface area (Å²) in [7, 11) is -3.04. The van der Waals surface area contributed by atoms with E-state index in [9.17, 15) is 18.0 Å². The van der Waals surface area contributed by atoms with E-state index in [1.54, 1.807) is 0 Å². The second-order valence-corrected chi connectivity index (χ2v) is 12.4.